The average Bonchev–Trinajstić information content (AvgIpc) is 2.62. The van der Waals surface area contributed by atoms with Crippen LogP contribution in [0.25, 0.3) is 0 Å². The first-order valence-electron chi connectivity index (χ1n) is 8.29. The van der Waals surface area contributed by atoms with Gasteiger partial charge in [-0.3, -0.25) is 9.59 Å². The zero-order valence-corrected chi connectivity index (χ0v) is 16.4. The number of alkyl halides is 5. The number of aliphatic hydroxyl groups excluding tert-OH is 1. The van der Waals surface area contributed by atoms with E-state index in [0.717, 1.165) is 5.32 Å². The van der Waals surface area contributed by atoms with Crippen molar-refractivity contribution in [3.63, 3.8) is 0 Å². The highest BCUT2D eigenvalue weighted by molar-refractivity contribution is 5.86. The van der Waals surface area contributed by atoms with Gasteiger partial charge in [-0.25, -0.2) is 0 Å². The molecule has 0 aromatic heterocycles. The Morgan fingerprint density at radius 1 is 1.10 bits per heavy atom. The number of amides is 2. The Balaban J connectivity index is 0.00000784. The molecule has 1 rings (SSSR count). The van der Waals surface area contributed by atoms with Gasteiger partial charge in [-0.05, 0) is 11.5 Å². The second-order valence-corrected chi connectivity index (χ2v) is 6.53. The van der Waals surface area contributed by atoms with Crippen molar-refractivity contribution < 1.29 is 36.6 Å². The van der Waals surface area contributed by atoms with Gasteiger partial charge >= 0.3 is 12.1 Å². The largest absolute Gasteiger partial charge is 0.405 e. The maximum absolute atomic E-state index is 14.2. The predicted molar refractivity (Wildman–Crippen MR) is 97.4 cm³/mol. The Kier molecular flexibility index (Phi) is 9.97. The van der Waals surface area contributed by atoms with Crippen molar-refractivity contribution in [2.24, 2.45) is 11.7 Å². The molecule has 3 atom stereocenters. The average molecular weight is 448 g/mol. The molecule has 3 unspecified atom stereocenters. The summed E-state index contributed by atoms with van der Waals surface area (Å²) in [7, 11) is 0. The lowest BCUT2D eigenvalue weighted by atomic mass is 9.93. The zero-order chi connectivity index (χ0) is 21.7. The van der Waals surface area contributed by atoms with E-state index >= 15 is 0 Å². The maximum Gasteiger partial charge on any atom is 0.405 e. The Morgan fingerprint density at radius 3 is 2.07 bits per heavy atom. The summed E-state index contributed by atoms with van der Waals surface area (Å²) in [4.78, 5) is 23.7. The molecule has 2 amide bonds. The fourth-order valence-electron chi connectivity index (χ4n) is 2.33. The molecule has 29 heavy (non-hydrogen) atoms. The van der Waals surface area contributed by atoms with Gasteiger partial charge in [-0.1, -0.05) is 44.2 Å². The van der Waals surface area contributed by atoms with Crippen molar-refractivity contribution in [1.82, 2.24) is 10.6 Å². The highest BCUT2D eigenvalue weighted by atomic mass is 35.5. The van der Waals surface area contributed by atoms with E-state index in [-0.39, 0.29) is 12.4 Å². The quantitative estimate of drug-likeness (QED) is 0.457. The minimum Gasteiger partial charge on any atom is -0.384 e. The Bertz CT molecular complexity index is 674. The lowest BCUT2D eigenvalue weighted by Crippen LogP contribution is -2.60. The minimum absolute atomic E-state index is 0. The van der Waals surface area contributed by atoms with E-state index in [2.05, 4.69) is 5.32 Å². The summed E-state index contributed by atoms with van der Waals surface area (Å²) in [5.74, 6) is -8.56. The molecule has 0 heterocycles. The van der Waals surface area contributed by atoms with Crippen LogP contribution in [-0.2, 0) is 9.59 Å². The number of nitrogens with one attached hydrogen (secondary N) is 2. The molecule has 0 fully saturated rings. The van der Waals surface area contributed by atoms with Gasteiger partial charge in [0.15, 0.2) is 0 Å². The second kappa shape index (κ2) is 10.7. The van der Waals surface area contributed by atoms with Crippen molar-refractivity contribution in [3.8, 4) is 0 Å². The maximum atomic E-state index is 14.2. The fraction of sp³-hybridized carbons (Fsp3) is 0.529. The molecule has 0 saturated heterocycles. The van der Waals surface area contributed by atoms with Gasteiger partial charge < -0.3 is 21.5 Å². The molecular formula is C17H23ClF5N3O3. The van der Waals surface area contributed by atoms with E-state index in [1.54, 1.807) is 18.2 Å². The molecular weight excluding hydrogens is 425 g/mol. The lowest BCUT2D eigenvalue weighted by Gasteiger charge is -2.32. The van der Waals surface area contributed by atoms with E-state index in [1.165, 1.54) is 26.0 Å². The highest BCUT2D eigenvalue weighted by Crippen LogP contribution is 2.26. The number of hydrogen-bond donors (Lipinski definition) is 4. The summed E-state index contributed by atoms with van der Waals surface area (Å²) in [6, 6.07) is 5.08. The number of rotatable bonds is 8. The molecule has 0 aliphatic rings. The van der Waals surface area contributed by atoms with Crippen LogP contribution in [0.3, 0.4) is 0 Å². The van der Waals surface area contributed by atoms with Gasteiger partial charge in [0.25, 0.3) is 5.91 Å². The third-order valence-corrected chi connectivity index (χ3v) is 3.93. The zero-order valence-electron chi connectivity index (χ0n) is 15.5. The summed E-state index contributed by atoms with van der Waals surface area (Å²) < 4.78 is 64.7. The van der Waals surface area contributed by atoms with Crippen molar-refractivity contribution in [1.29, 1.82) is 0 Å². The number of hydrogen-bond acceptors (Lipinski definition) is 4. The van der Waals surface area contributed by atoms with Crippen molar-refractivity contribution in [3.05, 3.63) is 35.9 Å². The van der Waals surface area contributed by atoms with Crippen molar-refractivity contribution >= 4 is 24.2 Å². The first kappa shape index (κ1) is 27.0. The summed E-state index contributed by atoms with van der Waals surface area (Å²) in [6.07, 6.45) is -7.67. The normalized spacial score (nSPS) is 15.1. The Hall–Kier alpha value is -1.98. The van der Waals surface area contributed by atoms with E-state index in [1.807, 2.05) is 0 Å². The number of halogens is 6. The van der Waals surface area contributed by atoms with E-state index in [9.17, 15) is 36.6 Å². The summed E-state index contributed by atoms with van der Waals surface area (Å²) in [5.41, 5.74) is 6.15. The predicted octanol–water partition coefficient (Wildman–Crippen LogP) is 1.92. The molecule has 0 radical (unpaired) electrons. The molecule has 12 heteroatoms. The van der Waals surface area contributed by atoms with Crippen LogP contribution >= 0.6 is 12.4 Å². The molecule has 1 aromatic rings. The van der Waals surface area contributed by atoms with E-state index in [0.29, 0.717) is 5.56 Å². The standard InChI is InChI=1S/C17H22F5N3O3.ClH/c1-9(2)12(25-14(27)11(23)10-6-4-3-5-7-10)13(26)17(21,22)15(28)24-8-16(18,19)20;/h3-7,9,11-13,26H,8,23H2,1-2H3,(H,24,28)(H,25,27);1H. The molecule has 5 N–H and O–H groups in total. The Labute approximate surface area is 170 Å². The van der Waals surface area contributed by atoms with Crippen molar-refractivity contribution in [2.75, 3.05) is 6.54 Å². The topological polar surface area (TPSA) is 104 Å². The number of benzene rings is 1. The van der Waals surface area contributed by atoms with Crippen LogP contribution in [0.5, 0.6) is 0 Å². The number of carbonyl (C=O) groups is 2. The number of aliphatic hydroxyl groups is 1. The third-order valence-electron chi connectivity index (χ3n) is 3.93. The van der Waals surface area contributed by atoms with E-state index in [4.69, 9.17) is 5.73 Å². The first-order valence-corrected chi connectivity index (χ1v) is 8.29. The third kappa shape index (κ3) is 7.75. The van der Waals surface area contributed by atoms with Crippen LogP contribution in [0.1, 0.15) is 25.5 Å². The minimum atomic E-state index is -4.90. The molecule has 0 bridgehead atoms. The van der Waals surface area contributed by atoms with E-state index < -0.39 is 54.6 Å². The molecule has 6 nitrogen and oxygen atoms in total. The Morgan fingerprint density at radius 2 is 1.62 bits per heavy atom. The molecule has 166 valence electrons. The molecule has 0 aliphatic carbocycles. The summed E-state index contributed by atoms with van der Waals surface area (Å²) in [5, 5.41) is 13.1. The number of carbonyl (C=O) groups excluding carboxylic acids is 2. The van der Waals surface area contributed by atoms with Gasteiger partial charge in [-0.2, -0.15) is 22.0 Å². The first-order chi connectivity index (χ1) is 12.8. The molecule has 0 aliphatic heterocycles. The van der Waals surface area contributed by atoms with Gasteiger partial charge in [-0.15, -0.1) is 12.4 Å². The molecule has 0 spiro atoms. The lowest BCUT2D eigenvalue weighted by molar-refractivity contribution is -0.174. The molecule has 1 aromatic carbocycles. The number of nitrogens with two attached hydrogens (primary N) is 1. The van der Waals surface area contributed by atoms with Gasteiger partial charge in [0.2, 0.25) is 5.91 Å². The molecule has 0 saturated carbocycles. The smallest absolute Gasteiger partial charge is 0.384 e. The van der Waals surface area contributed by atoms with Crippen LogP contribution in [0.2, 0.25) is 0 Å². The second-order valence-electron chi connectivity index (χ2n) is 6.53. The van der Waals surface area contributed by atoms with Gasteiger partial charge in [0, 0.05) is 0 Å². The summed E-state index contributed by atoms with van der Waals surface area (Å²) >= 11 is 0. The summed E-state index contributed by atoms with van der Waals surface area (Å²) in [6.45, 7) is 0.781. The van der Waals surface area contributed by atoms with Crippen LogP contribution in [0.4, 0.5) is 22.0 Å². The van der Waals surface area contributed by atoms with Crippen molar-refractivity contribution in [2.45, 2.75) is 44.1 Å². The van der Waals surface area contributed by atoms with Gasteiger partial charge in [0.1, 0.15) is 18.7 Å². The SMILES string of the molecule is CC(C)C(NC(=O)C(N)c1ccccc1)C(O)C(F)(F)C(=O)NCC(F)(F)F.Cl. The van der Waals surface area contributed by atoms with Crippen LogP contribution < -0.4 is 16.4 Å². The fourth-order valence-corrected chi connectivity index (χ4v) is 2.33. The highest BCUT2D eigenvalue weighted by Gasteiger charge is 2.51. The van der Waals surface area contributed by atoms with Crippen LogP contribution in [0, 0.1) is 5.92 Å². The van der Waals surface area contributed by atoms with Crippen LogP contribution in [-0.4, -0.2) is 47.7 Å². The monoisotopic (exact) mass is 447 g/mol. The van der Waals surface area contributed by atoms with Crippen LogP contribution in [0.15, 0.2) is 30.3 Å². The van der Waals surface area contributed by atoms with Gasteiger partial charge in [0.05, 0.1) is 6.04 Å².